The highest BCUT2D eigenvalue weighted by atomic mass is 32.1. The van der Waals surface area contributed by atoms with Crippen LogP contribution in [0.15, 0.2) is 22.2 Å². The van der Waals surface area contributed by atoms with Crippen LogP contribution < -0.4 is 0 Å². The molecule has 4 nitrogen and oxygen atoms in total. The molecule has 1 fully saturated rings. The van der Waals surface area contributed by atoms with Gasteiger partial charge < -0.3 is 5.11 Å². The Kier molecular flexibility index (Phi) is 5.23. The van der Waals surface area contributed by atoms with Crippen molar-refractivity contribution in [3.63, 3.8) is 0 Å². The van der Waals surface area contributed by atoms with Crippen molar-refractivity contribution in [2.24, 2.45) is 5.92 Å². The van der Waals surface area contributed by atoms with E-state index in [1.54, 1.807) is 22.7 Å². The molecule has 0 bridgehead atoms. The highest BCUT2D eigenvalue weighted by Gasteiger charge is 2.21. The second kappa shape index (κ2) is 7.35. The molecule has 0 aromatic carbocycles. The quantitative estimate of drug-likeness (QED) is 0.868. The first-order chi connectivity index (χ1) is 10.7. The van der Waals surface area contributed by atoms with Crippen molar-refractivity contribution < 1.29 is 9.90 Å². The fraction of sp³-hybridized carbons (Fsp3) is 0.500. The van der Waals surface area contributed by atoms with E-state index < -0.39 is 5.97 Å². The molecule has 118 valence electrons. The number of thiophene rings is 1. The van der Waals surface area contributed by atoms with E-state index in [1.165, 1.54) is 5.56 Å². The first kappa shape index (κ1) is 15.6. The number of piperidine rings is 1. The molecule has 1 aliphatic rings. The predicted octanol–water partition coefficient (Wildman–Crippen LogP) is 3.95. The van der Waals surface area contributed by atoms with Crippen molar-refractivity contribution >= 4 is 28.6 Å². The molecule has 3 heterocycles. The predicted molar refractivity (Wildman–Crippen MR) is 90.3 cm³/mol. The Morgan fingerprint density at radius 3 is 3.14 bits per heavy atom. The lowest BCUT2D eigenvalue weighted by atomic mass is 9.93. The molecule has 1 atom stereocenters. The third kappa shape index (κ3) is 4.15. The van der Waals surface area contributed by atoms with Gasteiger partial charge in [-0.2, -0.15) is 11.3 Å². The van der Waals surface area contributed by atoms with Gasteiger partial charge in [0, 0.05) is 35.8 Å². The lowest BCUT2D eigenvalue weighted by molar-refractivity contribution is -0.137. The summed E-state index contributed by atoms with van der Waals surface area (Å²) in [6, 6.07) is 2.11. The maximum atomic E-state index is 10.7. The largest absolute Gasteiger partial charge is 0.481 e. The van der Waals surface area contributed by atoms with Crippen molar-refractivity contribution in [1.82, 2.24) is 9.88 Å². The average Bonchev–Trinajstić information content (AvgIpc) is 3.16. The molecule has 0 amide bonds. The number of hydrogen-bond acceptors (Lipinski definition) is 5. The van der Waals surface area contributed by atoms with Crippen molar-refractivity contribution in [1.29, 1.82) is 0 Å². The molecular formula is C16H20N2O2S2. The van der Waals surface area contributed by atoms with Gasteiger partial charge >= 0.3 is 5.97 Å². The van der Waals surface area contributed by atoms with Gasteiger partial charge in [0.25, 0.3) is 0 Å². The first-order valence-corrected chi connectivity index (χ1v) is 9.44. The number of nitrogens with zero attached hydrogens (tertiary/aromatic N) is 2. The van der Waals surface area contributed by atoms with Crippen molar-refractivity contribution in [2.75, 3.05) is 13.1 Å². The summed E-state index contributed by atoms with van der Waals surface area (Å²) < 4.78 is 0. The third-order valence-corrected chi connectivity index (χ3v) is 5.70. The lowest BCUT2D eigenvalue weighted by Crippen LogP contribution is -2.35. The zero-order chi connectivity index (χ0) is 15.4. The molecule has 0 radical (unpaired) electrons. The summed E-state index contributed by atoms with van der Waals surface area (Å²) in [6.07, 6.45) is 3.40. The van der Waals surface area contributed by atoms with E-state index in [2.05, 4.69) is 27.1 Å². The van der Waals surface area contributed by atoms with Crippen LogP contribution in [0.1, 0.15) is 31.4 Å². The van der Waals surface area contributed by atoms with Crippen LogP contribution in [0, 0.1) is 5.92 Å². The molecule has 1 saturated heterocycles. The van der Waals surface area contributed by atoms with Crippen LogP contribution in [0.5, 0.6) is 0 Å². The minimum Gasteiger partial charge on any atom is -0.481 e. The van der Waals surface area contributed by atoms with Crippen LogP contribution in [0.4, 0.5) is 0 Å². The van der Waals surface area contributed by atoms with E-state index in [-0.39, 0.29) is 6.42 Å². The second-order valence-corrected chi connectivity index (χ2v) is 7.47. The Bertz CT molecular complexity index is 609. The molecule has 2 aromatic rings. The number of aromatic nitrogens is 1. The van der Waals surface area contributed by atoms with Crippen LogP contribution in [-0.4, -0.2) is 34.0 Å². The minimum atomic E-state index is -0.683. The average molecular weight is 336 g/mol. The first-order valence-electron chi connectivity index (χ1n) is 7.62. The number of likely N-dealkylation sites (tertiary alicyclic amines) is 1. The molecule has 0 spiro atoms. The summed E-state index contributed by atoms with van der Waals surface area (Å²) in [7, 11) is 0. The molecule has 1 aliphatic heterocycles. The summed E-state index contributed by atoms with van der Waals surface area (Å²) in [5.41, 5.74) is 2.34. The molecule has 3 rings (SSSR count). The van der Waals surface area contributed by atoms with Gasteiger partial charge in [0.2, 0.25) is 0 Å². The third-order valence-electron chi connectivity index (χ3n) is 4.08. The number of aliphatic carboxylic acids is 1. The monoisotopic (exact) mass is 336 g/mol. The molecular weight excluding hydrogens is 316 g/mol. The summed E-state index contributed by atoms with van der Waals surface area (Å²) >= 11 is 3.40. The van der Waals surface area contributed by atoms with Gasteiger partial charge in [-0.05, 0) is 43.2 Å². The number of hydrogen-bond donors (Lipinski definition) is 1. The fourth-order valence-corrected chi connectivity index (χ4v) is 4.51. The summed E-state index contributed by atoms with van der Waals surface area (Å²) in [5, 5.41) is 16.3. The molecule has 2 aromatic heterocycles. The smallest absolute Gasteiger partial charge is 0.303 e. The number of rotatable bonds is 6. The summed E-state index contributed by atoms with van der Waals surface area (Å²) in [6.45, 7) is 2.97. The second-order valence-electron chi connectivity index (χ2n) is 5.83. The topological polar surface area (TPSA) is 53.4 Å². The maximum absolute atomic E-state index is 10.7. The van der Waals surface area contributed by atoms with Crippen LogP contribution >= 0.6 is 22.7 Å². The van der Waals surface area contributed by atoms with Gasteiger partial charge in [-0.15, -0.1) is 11.3 Å². The van der Waals surface area contributed by atoms with Crippen molar-refractivity contribution in [3.05, 3.63) is 27.9 Å². The van der Waals surface area contributed by atoms with E-state index in [4.69, 9.17) is 10.1 Å². The lowest BCUT2D eigenvalue weighted by Gasteiger charge is -2.32. The fourth-order valence-electron chi connectivity index (χ4n) is 2.99. The minimum absolute atomic E-state index is 0.289. The van der Waals surface area contributed by atoms with Crippen LogP contribution in [-0.2, 0) is 11.3 Å². The SMILES string of the molecule is O=C(O)CCC1CCCN(Cc2csc(-c3ccsc3)n2)C1. The van der Waals surface area contributed by atoms with Crippen molar-refractivity contribution in [3.8, 4) is 10.6 Å². The Morgan fingerprint density at radius 1 is 1.45 bits per heavy atom. The van der Waals surface area contributed by atoms with E-state index >= 15 is 0 Å². The number of carboxylic acid groups (broad SMARTS) is 1. The Balaban J connectivity index is 1.55. The van der Waals surface area contributed by atoms with E-state index in [0.717, 1.165) is 49.6 Å². The highest BCUT2D eigenvalue weighted by molar-refractivity contribution is 7.14. The molecule has 1 N–H and O–H groups in total. The van der Waals surface area contributed by atoms with E-state index in [9.17, 15) is 4.79 Å². The van der Waals surface area contributed by atoms with E-state index in [1.807, 2.05) is 0 Å². The van der Waals surface area contributed by atoms with Gasteiger partial charge in [0.1, 0.15) is 5.01 Å². The zero-order valence-electron chi connectivity index (χ0n) is 12.4. The van der Waals surface area contributed by atoms with Gasteiger partial charge in [0.05, 0.1) is 5.69 Å². The molecule has 0 aliphatic carbocycles. The van der Waals surface area contributed by atoms with Gasteiger partial charge in [-0.3, -0.25) is 9.69 Å². The number of thiazole rings is 1. The Hall–Kier alpha value is -1.24. The van der Waals surface area contributed by atoms with Crippen LogP contribution in [0.3, 0.4) is 0 Å². The molecule has 1 unspecified atom stereocenters. The van der Waals surface area contributed by atoms with Gasteiger partial charge in [-0.25, -0.2) is 4.98 Å². The van der Waals surface area contributed by atoms with E-state index in [0.29, 0.717) is 5.92 Å². The molecule has 0 saturated carbocycles. The highest BCUT2D eigenvalue weighted by Crippen LogP contribution is 2.27. The molecule has 22 heavy (non-hydrogen) atoms. The normalized spacial score (nSPS) is 19.4. The maximum Gasteiger partial charge on any atom is 0.303 e. The zero-order valence-corrected chi connectivity index (χ0v) is 14.0. The van der Waals surface area contributed by atoms with Crippen LogP contribution in [0.25, 0.3) is 10.6 Å². The number of carboxylic acids is 1. The molecule has 6 heteroatoms. The standard InChI is InChI=1S/C16H20N2O2S2/c19-15(20)4-3-12-2-1-6-18(8-12)9-14-11-22-16(17-14)13-5-7-21-10-13/h5,7,10-12H,1-4,6,8-9H2,(H,19,20). The Morgan fingerprint density at radius 2 is 2.36 bits per heavy atom. The summed E-state index contributed by atoms with van der Waals surface area (Å²) in [4.78, 5) is 17.9. The van der Waals surface area contributed by atoms with Crippen molar-refractivity contribution in [2.45, 2.75) is 32.2 Å². The van der Waals surface area contributed by atoms with Gasteiger partial charge in [0.15, 0.2) is 0 Å². The Labute approximate surface area is 138 Å². The number of carbonyl (C=O) groups is 1. The summed E-state index contributed by atoms with van der Waals surface area (Å²) in [5.74, 6) is -0.170. The van der Waals surface area contributed by atoms with Gasteiger partial charge in [-0.1, -0.05) is 0 Å². The van der Waals surface area contributed by atoms with Crippen LogP contribution in [0.2, 0.25) is 0 Å².